The lowest BCUT2D eigenvalue weighted by molar-refractivity contribution is -0.120. The van der Waals surface area contributed by atoms with Crippen molar-refractivity contribution in [2.75, 3.05) is 5.32 Å². The molecule has 0 unspecified atom stereocenters. The van der Waals surface area contributed by atoms with Gasteiger partial charge in [-0.1, -0.05) is 18.2 Å². The summed E-state index contributed by atoms with van der Waals surface area (Å²) in [6, 6.07) is 8.93. The average molecular weight is 382 g/mol. The van der Waals surface area contributed by atoms with Crippen molar-refractivity contribution in [3.8, 4) is 0 Å². The molecule has 3 heterocycles. The Morgan fingerprint density at radius 2 is 2.04 bits per heavy atom. The van der Waals surface area contributed by atoms with E-state index in [2.05, 4.69) is 30.4 Å². The number of aryl methyl sites for hydroxylation is 1. The minimum atomic E-state index is -0.221. The zero-order chi connectivity index (χ0) is 18.6. The maximum absolute atomic E-state index is 12.2. The van der Waals surface area contributed by atoms with E-state index in [-0.39, 0.29) is 18.2 Å². The van der Waals surface area contributed by atoms with Crippen LogP contribution in [0.1, 0.15) is 34.1 Å². The van der Waals surface area contributed by atoms with Crippen LogP contribution < -0.4 is 10.6 Å². The van der Waals surface area contributed by atoms with Crippen LogP contribution in [0.3, 0.4) is 0 Å². The SMILES string of the molecule is O=C(Cc1csc(NC(=O)c2ccccc2)n1)NCc1nnc2n1CCC2. The Labute approximate surface area is 159 Å². The minimum Gasteiger partial charge on any atom is -0.348 e. The quantitative estimate of drug-likeness (QED) is 0.677. The molecular formula is C18H18N6O2S. The van der Waals surface area contributed by atoms with Crippen LogP contribution in [0, 0.1) is 0 Å². The van der Waals surface area contributed by atoms with Crippen LogP contribution in [0.15, 0.2) is 35.7 Å². The highest BCUT2D eigenvalue weighted by molar-refractivity contribution is 7.14. The van der Waals surface area contributed by atoms with Crippen molar-refractivity contribution in [2.24, 2.45) is 0 Å². The molecule has 2 N–H and O–H groups in total. The fraction of sp³-hybridized carbons (Fsp3) is 0.278. The molecule has 0 atom stereocenters. The number of nitrogens with one attached hydrogen (secondary N) is 2. The lowest BCUT2D eigenvalue weighted by Gasteiger charge is -2.05. The first-order valence-corrected chi connectivity index (χ1v) is 9.55. The van der Waals surface area contributed by atoms with Crippen LogP contribution in [0.5, 0.6) is 0 Å². The van der Waals surface area contributed by atoms with Crippen molar-refractivity contribution >= 4 is 28.3 Å². The van der Waals surface area contributed by atoms with Gasteiger partial charge < -0.3 is 9.88 Å². The second-order valence-corrected chi connectivity index (χ2v) is 7.06. The number of rotatable bonds is 6. The van der Waals surface area contributed by atoms with E-state index in [0.29, 0.717) is 22.9 Å². The Morgan fingerprint density at radius 3 is 2.89 bits per heavy atom. The summed E-state index contributed by atoms with van der Waals surface area (Å²) >= 11 is 1.30. The van der Waals surface area contributed by atoms with Gasteiger partial charge in [-0.2, -0.15) is 0 Å². The fourth-order valence-electron chi connectivity index (χ4n) is 2.95. The summed E-state index contributed by atoms with van der Waals surface area (Å²) in [6.07, 6.45) is 2.16. The molecule has 2 aromatic heterocycles. The van der Waals surface area contributed by atoms with E-state index < -0.39 is 0 Å². The summed E-state index contributed by atoms with van der Waals surface area (Å²) < 4.78 is 2.06. The fourth-order valence-corrected chi connectivity index (χ4v) is 3.66. The maximum atomic E-state index is 12.2. The number of amides is 2. The number of nitrogens with zero attached hydrogens (tertiary/aromatic N) is 4. The Kier molecular flexibility index (Phi) is 4.93. The lowest BCUT2D eigenvalue weighted by Crippen LogP contribution is -2.26. The molecule has 9 heteroatoms. The molecule has 1 aliphatic heterocycles. The third-order valence-electron chi connectivity index (χ3n) is 4.28. The number of aromatic nitrogens is 4. The highest BCUT2D eigenvalue weighted by Crippen LogP contribution is 2.17. The van der Waals surface area contributed by atoms with Gasteiger partial charge in [0.15, 0.2) is 11.0 Å². The van der Waals surface area contributed by atoms with Crippen LogP contribution in [0.4, 0.5) is 5.13 Å². The first kappa shape index (κ1) is 17.3. The van der Waals surface area contributed by atoms with Crippen molar-refractivity contribution in [3.63, 3.8) is 0 Å². The van der Waals surface area contributed by atoms with E-state index in [9.17, 15) is 9.59 Å². The molecule has 0 saturated heterocycles. The molecule has 3 aromatic rings. The van der Waals surface area contributed by atoms with Gasteiger partial charge in [0.2, 0.25) is 5.91 Å². The summed E-state index contributed by atoms with van der Waals surface area (Å²) in [5.74, 6) is 1.40. The first-order valence-electron chi connectivity index (χ1n) is 8.67. The maximum Gasteiger partial charge on any atom is 0.257 e. The van der Waals surface area contributed by atoms with Crippen LogP contribution in [-0.4, -0.2) is 31.6 Å². The van der Waals surface area contributed by atoms with E-state index in [1.165, 1.54) is 11.3 Å². The third-order valence-corrected chi connectivity index (χ3v) is 5.09. The van der Waals surface area contributed by atoms with Gasteiger partial charge in [-0.05, 0) is 18.6 Å². The summed E-state index contributed by atoms with van der Waals surface area (Å²) in [4.78, 5) is 28.6. The number of hydrogen-bond donors (Lipinski definition) is 2. The summed E-state index contributed by atoms with van der Waals surface area (Å²) in [6.45, 7) is 1.26. The van der Waals surface area contributed by atoms with Crippen LogP contribution in [0.2, 0.25) is 0 Å². The van der Waals surface area contributed by atoms with Gasteiger partial charge in [0.1, 0.15) is 5.82 Å². The second kappa shape index (κ2) is 7.67. The van der Waals surface area contributed by atoms with Gasteiger partial charge in [0, 0.05) is 23.9 Å². The summed E-state index contributed by atoms with van der Waals surface area (Å²) in [5.41, 5.74) is 1.18. The van der Waals surface area contributed by atoms with Gasteiger partial charge in [-0.25, -0.2) is 4.98 Å². The smallest absolute Gasteiger partial charge is 0.257 e. The largest absolute Gasteiger partial charge is 0.348 e. The van der Waals surface area contributed by atoms with Crippen molar-refractivity contribution in [2.45, 2.75) is 32.4 Å². The standard InChI is InChI=1S/C18H18N6O2S/c25-16(19-10-15-23-22-14-7-4-8-24(14)15)9-13-11-27-18(20-13)21-17(26)12-5-2-1-3-6-12/h1-3,5-6,11H,4,7-10H2,(H,19,25)(H,20,21,26). The number of fused-ring (bicyclic) bond motifs is 1. The molecular weight excluding hydrogens is 364 g/mol. The lowest BCUT2D eigenvalue weighted by atomic mass is 10.2. The molecule has 27 heavy (non-hydrogen) atoms. The number of benzene rings is 1. The Morgan fingerprint density at radius 1 is 1.19 bits per heavy atom. The normalized spacial score (nSPS) is 12.6. The van der Waals surface area contributed by atoms with Crippen molar-refractivity contribution in [3.05, 3.63) is 58.6 Å². The van der Waals surface area contributed by atoms with Crippen LogP contribution in [0.25, 0.3) is 0 Å². The highest BCUT2D eigenvalue weighted by atomic mass is 32.1. The Bertz CT molecular complexity index is 965. The predicted octanol–water partition coefficient (Wildman–Crippen LogP) is 1.79. The summed E-state index contributed by atoms with van der Waals surface area (Å²) in [7, 11) is 0. The van der Waals surface area contributed by atoms with E-state index in [4.69, 9.17) is 0 Å². The highest BCUT2D eigenvalue weighted by Gasteiger charge is 2.18. The molecule has 0 radical (unpaired) electrons. The number of carbonyl (C=O) groups excluding carboxylic acids is 2. The van der Waals surface area contributed by atoms with Crippen LogP contribution in [-0.2, 0) is 30.7 Å². The molecule has 1 aromatic carbocycles. The molecule has 0 aliphatic carbocycles. The molecule has 2 amide bonds. The number of anilines is 1. The Balaban J connectivity index is 1.29. The van der Waals surface area contributed by atoms with Gasteiger partial charge >= 0.3 is 0 Å². The van der Waals surface area contributed by atoms with Crippen molar-refractivity contribution < 1.29 is 9.59 Å². The van der Waals surface area contributed by atoms with E-state index in [1.54, 1.807) is 29.6 Å². The van der Waals surface area contributed by atoms with Crippen molar-refractivity contribution in [1.82, 2.24) is 25.1 Å². The molecule has 0 saturated carbocycles. The van der Waals surface area contributed by atoms with Crippen molar-refractivity contribution in [1.29, 1.82) is 0 Å². The predicted molar refractivity (Wildman–Crippen MR) is 100 cm³/mol. The van der Waals surface area contributed by atoms with Gasteiger partial charge in [0.25, 0.3) is 5.91 Å². The molecule has 8 nitrogen and oxygen atoms in total. The molecule has 0 bridgehead atoms. The van der Waals surface area contributed by atoms with Gasteiger partial charge in [0.05, 0.1) is 18.7 Å². The first-order chi connectivity index (χ1) is 13.2. The number of carbonyl (C=O) groups is 2. The average Bonchev–Trinajstić information content (AvgIpc) is 3.39. The molecule has 0 spiro atoms. The zero-order valence-corrected chi connectivity index (χ0v) is 15.3. The molecule has 1 aliphatic rings. The molecule has 138 valence electrons. The van der Waals surface area contributed by atoms with E-state index in [0.717, 1.165) is 31.0 Å². The molecule has 4 rings (SSSR count). The molecule has 0 fully saturated rings. The van der Waals surface area contributed by atoms with E-state index >= 15 is 0 Å². The number of thiazole rings is 1. The van der Waals surface area contributed by atoms with Crippen LogP contribution >= 0.6 is 11.3 Å². The Hall–Kier alpha value is -3.07. The van der Waals surface area contributed by atoms with Gasteiger partial charge in [-0.15, -0.1) is 21.5 Å². The summed E-state index contributed by atoms with van der Waals surface area (Å²) in [5, 5.41) is 16.1. The third kappa shape index (κ3) is 4.03. The second-order valence-electron chi connectivity index (χ2n) is 6.21. The topological polar surface area (TPSA) is 102 Å². The number of hydrogen-bond acceptors (Lipinski definition) is 6. The van der Waals surface area contributed by atoms with E-state index in [1.807, 2.05) is 6.07 Å². The van der Waals surface area contributed by atoms with Gasteiger partial charge in [-0.3, -0.25) is 14.9 Å². The zero-order valence-electron chi connectivity index (χ0n) is 14.5. The monoisotopic (exact) mass is 382 g/mol. The minimum absolute atomic E-state index is 0.142.